The minimum absolute atomic E-state index is 0.234. The molecule has 0 saturated carbocycles. The molecule has 1 rings (SSSR count). The van der Waals surface area contributed by atoms with Crippen molar-refractivity contribution in [3.8, 4) is 0 Å². The van der Waals surface area contributed by atoms with E-state index in [1.165, 1.54) is 0 Å². The summed E-state index contributed by atoms with van der Waals surface area (Å²) in [6.07, 6.45) is -4.43. The van der Waals surface area contributed by atoms with Crippen LogP contribution in [0.2, 0.25) is 0 Å². The number of aromatic nitrogens is 2. The topological polar surface area (TPSA) is 64.1 Å². The lowest BCUT2D eigenvalue weighted by molar-refractivity contribution is -0.174. The number of nitrogens with one attached hydrogen (secondary N) is 1. The molecule has 0 atom stereocenters. The maximum absolute atomic E-state index is 11.7. The second-order valence-electron chi connectivity index (χ2n) is 2.78. The van der Waals surface area contributed by atoms with Crippen molar-refractivity contribution < 1.29 is 22.7 Å². The van der Waals surface area contributed by atoms with Crippen LogP contribution in [0.5, 0.6) is 0 Å². The molecular formula is C7H8F3N3O2S. The molecule has 0 aliphatic rings. The minimum atomic E-state index is -4.43. The molecule has 0 aliphatic carbocycles. The molecule has 0 fully saturated rings. The molecule has 1 N–H and O–H groups in total. The van der Waals surface area contributed by atoms with Crippen molar-refractivity contribution in [3.63, 3.8) is 0 Å². The van der Waals surface area contributed by atoms with Crippen LogP contribution in [0.15, 0.2) is 0 Å². The number of carbonyl (C=O) groups is 1. The van der Waals surface area contributed by atoms with Crippen LogP contribution in [0.25, 0.3) is 0 Å². The van der Waals surface area contributed by atoms with Gasteiger partial charge in [-0.15, -0.1) is 10.2 Å². The van der Waals surface area contributed by atoms with E-state index in [1.54, 1.807) is 6.92 Å². The van der Waals surface area contributed by atoms with Crippen LogP contribution in [0.1, 0.15) is 5.01 Å². The summed E-state index contributed by atoms with van der Waals surface area (Å²) in [6, 6.07) is 0. The van der Waals surface area contributed by atoms with Gasteiger partial charge in [0.25, 0.3) is 5.91 Å². The van der Waals surface area contributed by atoms with Crippen molar-refractivity contribution in [2.45, 2.75) is 13.1 Å². The summed E-state index contributed by atoms with van der Waals surface area (Å²) < 4.78 is 39.1. The number of carbonyl (C=O) groups excluding carboxylic acids is 1. The van der Waals surface area contributed by atoms with E-state index in [9.17, 15) is 18.0 Å². The van der Waals surface area contributed by atoms with Gasteiger partial charge >= 0.3 is 6.18 Å². The molecule has 0 radical (unpaired) electrons. The number of amides is 1. The fraction of sp³-hybridized carbons (Fsp3) is 0.571. The monoisotopic (exact) mass is 255 g/mol. The number of nitrogens with zero attached hydrogens (tertiary/aromatic N) is 2. The highest BCUT2D eigenvalue weighted by atomic mass is 32.1. The molecule has 0 unspecified atom stereocenters. The Labute approximate surface area is 92.6 Å². The minimum Gasteiger partial charge on any atom is -0.362 e. The molecule has 90 valence electrons. The van der Waals surface area contributed by atoms with Gasteiger partial charge in [-0.1, -0.05) is 11.3 Å². The van der Waals surface area contributed by atoms with Gasteiger partial charge in [-0.05, 0) is 6.92 Å². The van der Waals surface area contributed by atoms with Crippen LogP contribution in [0, 0.1) is 6.92 Å². The van der Waals surface area contributed by atoms with Crippen molar-refractivity contribution in [2.24, 2.45) is 0 Å². The first-order valence-electron chi connectivity index (χ1n) is 4.11. The second-order valence-corrected chi connectivity index (χ2v) is 3.96. The average Bonchev–Trinajstić information content (AvgIpc) is 2.48. The molecule has 9 heteroatoms. The van der Waals surface area contributed by atoms with Gasteiger partial charge in [-0.3, -0.25) is 10.1 Å². The van der Waals surface area contributed by atoms with E-state index < -0.39 is 25.3 Å². The zero-order chi connectivity index (χ0) is 12.2. The van der Waals surface area contributed by atoms with Gasteiger partial charge < -0.3 is 4.74 Å². The van der Waals surface area contributed by atoms with Crippen LogP contribution in [-0.4, -0.2) is 35.5 Å². The zero-order valence-electron chi connectivity index (χ0n) is 8.17. The van der Waals surface area contributed by atoms with Crippen molar-refractivity contribution in [1.82, 2.24) is 10.2 Å². The van der Waals surface area contributed by atoms with E-state index in [4.69, 9.17) is 0 Å². The van der Waals surface area contributed by atoms with Crippen molar-refractivity contribution in [2.75, 3.05) is 18.5 Å². The number of aryl methyl sites for hydroxylation is 1. The summed E-state index contributed by atoms with van der Waals surface area (Å²) in [5.41, 5.74) is 0. The molecule has 0 aliphatic heterocycles. The van der Waals surface area contributed by atoms with E-state index in [2.05, 4.69) is 20.3 Å². The van der Waals surface area contributed by atoms with Gasteiger partial charge in [0.1, 0.15) is 18.2 Å². The van der Waals surface area contributed by atoms with E-state index in [-0.39, 0.29) is 5.13 Å². The molecule has 1 heterocycles. The Morgan fingerprint density at radius 2 is 2.19 bits per heavy atom. The van der Waals surface area contributed by atoms with E-state index >= 15 is 0 Å². The third-order valence-electron chi connectivity index (χ3n) is 1.27. The molecule has 5 nitrogen and oxygen atoms in total. The van der Waals surface area contributed by atoms with Crippen molar-refractivity contribution >= 4 is 22.4 Å². The smallest absolute Gasteiger partial charge is 0.362 e. The molecular weight excluding hydrogens is 247 g/mol. The maximum atomic E-state index is 11.7. The summed E-state index contributed by atoms with van der Waals surface area (Å²) in [7, 11) is 0. The van der Waals surface area contributed by atoms with E-state index in [0.717, 1.165) is 11.3 Å². The number of hydrogen-bond acceptors (Lipinski definition) is 5. The zero-order valence-corrected chi connectivity index (χ0v) is 8.98. The highest BCUT2D eigenvalue weighted by Crippen LogP contribution is 2.15. The summed E-state index contributed by atoms with van der Waals surface area (Å²) >= 11 is 1.12. The number of anilines is 1. The fourth-order valence-electron chi connectivity index (χ4n) is 0.762. The van der Waals surface area contributed by atoms with Gasteiger partial charge in [-0.25, -0.2) is 0 Å². The number of alkyl halides is 3. The number of halogens is 3. The van der Waals surface area contributed by atoms with Crippen molar-refractivity contribution in [1.29, 1.82) is 0 Å². The third-order valence-corrected chi connectivity index (χ3v) is 2.03. The van der Waals surface area contributed by atoms with Crippen LogP contribution >= 0.6 is 11.3 Å². The molecule has 0 bridgehead atoms. The predicted molar refractivity (Wildman–Crippen MR) is 50.1 cm³/mol. The maximum Gasteiger partial charge on any atom is 0.411 e. The largest absolute Gasteiger partial charge is 0.411 e. The van der Waals surface area contributed by atoms with Gasteiger partial charge in [0, 0.05) is 0 Å². The molecule has 1 amide bonds. The standard InChI is InChI=1S/C7H8F3N3O2S/c1-4-12-13-6(16-4)11-5(14)2-15-3-7(8,9)10/h2-3H2,1H3,(H,11,13,14). The Kier molecular flexibility index (Phi) is 4.19. The molecule has 16 heavy (non-hydrogen) atoms. The van der Waals surface area contributed by atoms with Gasteiger partial charge in [-0.2, -0.15) is 13.2 Å². The van der Waals surface area contributed by atoms with E-state index in [1.807, 2.05) is 0 Å². The van der Waals surface area contributed by atoms with Crippen LogP contribution in [-0.2, 0) is 9.53 Å². The van der Waals surface area contributed by atoms with Gasteiger partial charge in [0.15, 0.2) is 0 Å². The van der Waals surface area contributed by atoms with Crippen molar-refractivity contribution in [3.05, 3.63) is 5.01 Å². The predicted octanol–water partition coefficient (Wildman–Crippen LogP) is 1.36. The van der Waals surface area contributed by atoms with Crippen LogP contribution in [0.4, 0.5) is 18.3 Å². The Hall–Kier alpha value is -1.22. The first-order valence-corrected chi connectivity index (χ1v) is 4.93. The molecule has 1 aromatic heterocycles. The summed E-state index contributed by atoms with van der Waals surface area (Å²) in [6.45, 7) is -0.429. The van der Waals surface area contributed by atoms with E-state index in [0.29, 0.717) is 5.01 Å². The average molecular weight is 255 g/mol. The summed E-state index contributed by atoms with van der Waals surface area (Å²) in [5.74, 6) is -0.694. The molecule has 0 aromatic carbocycles. The lowest BCUT2D eigenvalue weighted by Crippen LogP contribution is -2.23. The van der Waals surface area contributed by atoms with Crippen LogP contribution in [0.3, 0.4) is 0 Å². The lowest BCUT2D eigenvalue weighted by Gasteiger charge is -2.06. The second kappa shape index (κ2) is 5.21. The van der Waals surface area contributed by atoms with Gasteiger partial charge in [0.05, 0.1) is 0 Å². The molecule has 1 aromatic rings. The number of rotatable bonds is 4. The Morgan fingerprint density at radius 1 is 1.50 bits per heavy atom. The first kappa shape index (κ1) is 12.8. The number of hydrogen-bond donors (Lipinski definition) is 1. The molecule has 0 saturated heterocycles. The van der Waals surface area contributed by atoms with Crippen LogP contribution < -0.4 is 5.32 Å². The Bertz CT molecular complexity index is 366. The Morgan fingerprint density at radius 3 is 2.69 bits per heavy atom. The normalized spacial score (nSPS) is 11.5. The SMILES string of the molecule is Cc1nnc(NC(=O)COCC(F)(F)F)s1. The quantitative estimate of drug-likeness (QED) is 0.882. The Balaban J connectivity index is 2.26. The summed E-state index contributed by atoms with van der Waals surface area (Å²) in [5, 5.41) is 10.3. The first-order chi connectivity index (χ1) is 7.37. The lowest BCUT2D eigenvalue weighted by atomic mass is 10.6. The van der Waals surface area contributed by atoms with Gasteiger partial charge in [0.2, 0.25) is 5.13 Å². The molecule has 0 spiro atoms. The number of ether oxygens (including phenoxy) is 1. The fourth-order valence-corrected chi connectivity index (χ4v) is 1.37. The summed E-state index contributed by atoms with van der Waals surface area (Å²) in [4.78, 5) is 11.0. The third kappa shape index (κ3) is 5.03. The highest BCUT2D eigenvalue weighted by Gasteiger charge is 2.27. The highest BCUT2D eigenvalue weighted by molar-refractivity contribution is 7.15.